The summed E-state index contributed by atoms with van der Waals surface area (Å²) in [5, 5.41) is 20.0. The number of sulfonamides is 1. The number of nitriles is 1. The monoisotopic (exact) mass is 801 g/mol. The third-order valence-corrected chi connectivity index (χ3v) is 11.5. The summed E-state index contributed by atoms with van der Waals surface area (Å²) in [6, 6.07) is 15.5. The number of alkyl halides is 3. The van der Waals surface area contributed by atoms with Gasteiger partial charge in [0.05, 0.1) is 36.1 Å². The molecule has 3 amide bonds. The number of ether oxygens (including phenoxy) is 2. The first-order valence-corrected chi connectivity index (χ1v) is 19.3. The summed E-state index contributed by atoms with van der Waals surface area (Å²) in [5.41, 5.74) is -1.69. The van der Waals surface area contributed by atoms with Gasteiger partial charge >= 0.3 is 18.2 Å². The zero-order chi connectivity index (χ0) is 40.8. The summed E-state index contributed by atoms with van der Waals surface area (Å²) < 4.78 is 73.1. The number of fused-ring (bicyclic) bond motifs is 1. The van der Waals surface area contributed by atoms with Gasteiger partial charge in [0.1, 0.15) is 10.6 Å². The van der Waals surface area contributed by atoms with Crippen molar-refractivity contribution in [2.24, 2.45) is 0 Å². The van der Waals surface area contributed by atoms with E-state index in [-0.39, 0.29) is 52.1 Å². The van der Waals surface area contributed by atoms with Crippen LogP contribution in [-0.4, -0.2) is 123 Å². The van der Waals surface area contributed by atoms with E-state index in [9.17, 15) is 31.6 Å². The normalized spacial score (nSPS) is 19.3. The van der Waals surface area contributed by atoms with Crippen LogP contribution >= 0.6 is 0 Å². The highest BCUT2D eigenvalue weighted by atomic mass is 32.2. The highest BCUT2D eigenvalue weighted by Crippen LogP contribution is 2.49. The molecule has 2 fully saturated rings. The number of aromatic nitrogens is 1. The molecule has 6 rings (SSSR count). The lowest BCUT2D eigenvalue weighted by molar-refractivity contribution is -0.192. The van der Waals surface area contributed by atoms with Gasteiger partial charge in [-0.25, -0.2) is 23.0 Å². The van der Waals surface area contributed by atoms with E-state index in [2.05, 4.69) is 33.2 Å². The van der Waals surface area contributed by atoms with Crippen molar-refractivity contribution in [2.45, 2.75) is 49.3 Å². The van der Waals surface area contributed by atoms with E-state index >= 15 is 4.79 Å². The number of anilines is 1. The molecule has 3 aliphatic heterocycles. The molecule has 0 bridgehead atoms. The number of nitrogens with one attached hydrogen (secondary N) is 1. The largest absolute Gasteiger partial charge is 0.492 e. The maximum absolute atomic E-state index is 15.1. The molecule has 3 aliphatic rings. The number of carbonyl (C=O) groups excluding carboxylic acids is 2. The molecular weight excluding hydrogens is 760 g/mol. The second-order valence-electron chi connectivity index (χ2n) is 13.1. The van der Waals surface area contributed by atoms with Crippen molar-refractivity contribution in [3.8, 4) is 17.7 Å². The smallest absolute Gasteiger partial charge is 0.490 e. The van der Waals surface area contributed by atoms with Crippen LogP contribution in [0.15, 0.2) is 65.7 Å². The fraction of sp³-hybridized carbons (Fsp3) is 0.432. The summed E-state index contributed by atoms with van der Waals surface area (Å²) in [6.07, 6.45) is -1.46. The first-order valence-electron chi connectivity index (χ1n) is 17.8. The Labute approximate surface area is 322 Å². The third kappa shape index (κ3) is 8.37. The molecule has 1 aromatic heterocycles. The van der Waals surface area contributed by atoms with E-state index < -0.39 is 39.6 Å². The van der Waals surface area contributed by atoms with Crippen molar-refractivity contribution in [3.63, 3.8) is 0 Å². The number of likely N-dealkylation sites (tertiary alicyclic amines) is 1. The lowest BCUT2D eigenvalue weighted by atomic mass is 9.83. The number of pyridine rings is 1. The molecule has 3 aromatic rings. The first-order chi connectivity index (χ1) is 26.6. The van der Waals surface area contributed by atoms with Crippen molar-refractivity contribution in [3.05, 3.63) is 77.5 Å². The van der Waals surface area contributed by atoms with Crippen molar-refractivity contribution in [1.29, 1.82) is 5.26 Å². The van der Waals surface area contributed by atoms with E-state index in [1.165, 1.54) is 36.5 Å². The predicted octanol–water partition coefficient (Wildman–Crippen LogP) is 3.78. The Bertz CT molecular complexity index is 2080. The molecule has 2 aromatic carbocycles. The summed E-state index contributed by atoms with van der Waals surface area (Å²) in [7, 11) is -2.50. The SMILES string of the molecule is CCOc1ccccc1S(=O)(=O)N1C(=O)C(NC(=O)N2CCN(C3CCN(C)CC3)CC2)(c2cccnc2OCC)c2cc(C#N)ccc21.O=C(O)C(F)(F)F. The lowest BCUT2D eigenvalue weighted by Gasteiger charge is -2.43. The number of amides is 3. The van der Waals surface area contributed by atoms with Crippen LogP contribution in [0, 0.1) is 11.3 Å². The second-order valence-corrected chi connectivity index (χ2v) is 14.9. The molecule has 0 saturated carbocycles. The topological polar surface area (TPSA) is 186 Å². The van der Waals surface area contributed by atoms with E-state index in [4.69, 9.17) is 19.4 Å². The second kappa shape index (κ2) is 17.1. The van der Waals surface area contributed by atoms with Gasteiger partial charge in [-0.1, -0.05) is 12.1 Å². The molecule has 2 N–H and O–H groups in total. The van der Waals surface area contributed by atoms with Gasteiger partial charge < -0.3 is 29.7 Å². The van der Waals surface area contributed by atoms with E-state index in [0.29, 0.717) is 36.5 Å². The number of carboxylic acids is 1. The zero-order valence-electron chi connectivity index (χ0n) is 31.0. The molecule has 2 saturated heterocycles. The number of piperidine rings is 1. The number of rotatable bonds is 9. The molecule has 0 spiro atoms. The Kier molecular flexibility index (Phi) is 12.8. The summed E-state index contributed by atoms with van der Waals surface area (Å²) in [4.78, 5) is 48.9. The van der Waals surface area contributed by atoms with Crippen LogP contribution in [0.1, 0.15) is 43.4 Å². The van der Waals surface area contributed by atoms with E-state index in [0.717, 1.165) is 25.9 Å². The molecule has 15 nitrogen and oxygen atoms in total. The maximum atomic E-state index is 15.1. The average Bonchev–Trinajstić information content (AvgIpc) is 3.43. The van der Waals surface area contributed by atoms with Crippen LogP contribution in [0.2, 0.25) is 0 Å². The van der Waals surface area contributed by atoms with Gasteiger partial charge in [0, 0.05) is 44.0 Å². The van der Waals surface area contributed by atoms with Crippen molar-refractivity contribution in [1.82, 2.24) is 25.0 Å². The van der Waals surface area contributed by atoms with Crippen molar-refractivity contribution in [2.75, 3.05) is 63.8 Å². The van der Waals surface area contributed by atoms with Crippen molar-refractivity contribution < 1.29 is 50.6 Å². The zero-order valence-corrected chi connectivity index (χ0v) is 31.8. The van der Waals surface area contributed by atoms with Gasteiger partial charge in [-0.05, 0) is 89.3 Å². The number of carbonyl (C=O) groups is 3. The van der Waals surface area contributed by atoms with Crippen molar-refractivity contribution >= 4 is 33.6 Å². The maximum Gasteiger partial charge on any atom is 0.490 e. The highest BCUT2D eigenvalue weighted by molar-refractivity contribution is 7.93. The fourth-order valence-corrected chi connectivity index (χ4v) is 8.60. The minimum atomic E-state index is -5.08. The molecule has 0 radical (unpaired) electrons. The number of nitrogens with zero attached hydrogens (tertiary/aromatic N) is 6. The minimum absolute atomic E-state index is 0.00557. The van der Waals surface area contributed by atoms with Gasteiger partial charge in [0.15, 0.2) is 5.54 Å². The molecule has 1 unspecified atom stereocenters. The molecule has 1 atom stereocenters. The molecule has 19 heteroatoms. The van der Waals surface area contributed by atoms with Gasteiger partial charge in [0.2, 0.25) is 5.88 Å². The number of aliphatic carboxylic acids is 1. The molecule has 0 aliphatic carbocycles. The predicted molar refractivity (Wildman–Crippen MR) is 196 cm³/mol. The van der Waals surface area contributed by atoms with Crippen LogP contribution in [0.4, 0.5) is 23.7 Å². The molecule has 300 valence electrons. The Morgan fingerprint density at radius 2 is 1.62 bits per heavy atom. The average molecular weight is 802 g/mol. The van der Waals surface area contributed by atoms with Crippen LogP contribution in [0.25, 0.3) is 0 Å². The van der Waals surface area contributed by atoms with Crippen LogP contribution in [0.5, 0.6) is 11.6 Å². The van der Waals surface area contributed by atoms with E-state index in [1.807, 2.05) is 0 Å². The third-order valence-electron chi connectivity index (χ3n) is 9.72. The number of benzene rings is 2. The molecular formula is C37H42F3N7O8S. The highest BCUT2D eigenvalue weighted by Gasteiger charge is 2.59. The number of urea groups is 1. The minimum Gasteiger partial charge on any atom is -0.492 e. The number of para-hydroxylation sites is 1. The Balaban J connectivity index is 0.000000784. The van der Waals surface area contributed by atoms with E-state index in [1.54, 1.807) is 43.0 Å². The van der Waals surface area contributed by atoms with Crippen LogP contribution in [-0.2, 0) is 25.2 Å². The Morgan fingerprint density at radius 1 is 0.982 bits per heavy atom. The van der Waals surface area contributed by atoms with Crippen LogP contribution < -0.4 is 19.1 Å². The van der Waals surface area contributed by atoms with Gasteiger partial charge in [-0.3, -0.25) is 9.69 Å². The Morgan fingerprint density at radius 3 is 2.23 bits per heavy atom. The summed E-state index contributed by atoms with van der Waals surface area (Å²) in [5.74, 6) is -3.59. The number of piperazine rings is 1. The standard InChI is InChI=1S/C35H41N7O6S.C2HF3O2/c1-4-47-30-10-6-7-11-31(30)49(45,46)42-29-13-12-25(24-36)23-28(29)35(33(42)43,27-9-8-16-37-32(27)48-5-2)38-34(44)41-21-19-40(20-22-41)26-14-17-39(3)18-15-26;3-2(4,5)1(6)7/h6-13,16,23,26H,4-5,14-15,17-22H2,1-3H3,(H,38,44);(H,6,7). The van der Waals surface area contributed by atoms with Crippen LogP contribution in [0.3, 0.4) is 0 Å². The lowest BCUT2D eigenvalue weighted by Crippen LogP contribution is -2.61. The molecule has 56 heavy (non-hydrogen) atoms. The fourth-order valence-electron chi connectivity index (χ4n) is 7.00. The number of hydrogen-bond donors (Lipinski definition) is 2. The first kappa shape index (κ1) is 41.7. The van der Waals surface area contributed by atoms with Gasteiger partial charge in [0.25, 0.3) is 15.9 Å². The quantitative estimate of drug-likeness (QED) is 0.320. The van der Waals surface area contributed by atoms with Gasteiger partial charge in [-0.15, -0.1) is 0 Å². The summed E-state index contributed by atoms with van der Waals surface area (Å²) in [6.45, 7) is 8.11. The number of hydrogen-bond acceptors (Lipinski definition) is 11. The number of carboxylic acid groups (broad SMARTS) is 1. The molecule has 4 heterocycles. The van der Waals surface area contributed by atoms with Gasteiger partial charge in [-0.2, -0.15) is 22.7 Å². The summed E-state index contributed by atoms with van der Waals surface area (Å²) >= 11 is 0. The number of halogens is 3. The Hall–Kier alpha value is -5.45.